The fourth-order valence-electron chi connectivity index (χ4n) is 10.9. The second-order valence-electron chi connectivity index (χ2n) is 16.6. The Bertz CT molecular complexity index is 3570. The SMILES string of the molecule is C1=CC2c3cc(-c4c5ccccc5c(-c5cccc6ccccc56)c5ccccc45)ccc3OC2C(c2c3ccccc3c(-c3cccc4ccccc34)c3ccccc23)=C1. The molecule has 1 aliphatic carbocycles. The second-order valence-corrected chi connectivity index (χ2v) is 16.6. The average Bonchev–Trinajstić information content (AvgIpc) is 3.71. The van der Waals surface area contributed by atoms with Crippen molar-refractivity contribution in [3.8, 4) is 39.1 Å². The lowest BCUT2D eigenvalue weighted by Gasteiger charge is -2.26. The zero-order valence-electron chi connectivity index (χ0n) is 33.3. The highest BCUT2D eigenvalue weighted by atomic mass is 16.5. The van der Waals surface area contributed by atoms with Gasteiger partial charge in [-0.05, 0) is 116 Å². The van der Waals surface area contributed by atoms with Gasteiger partial charge in [-0.2, -0.15) is 0 Å². The molecule has 1 aliphatic heterocycles. The summed E-state index contributed by atoms with van der Waals surface area (Å²) in [4.78, 5) is 0. The van der Waals surface area contributed by atoms with E-state index in [1.54, 1.807) is 0 Å². The largest absolute Gasteiger partial charge is 0.484 e. The van der Waals surface area contributed by atoms with E-state index < -0.39 is 0 Å². The van der Waals surface area contributed by atoms with Crippen LogP contribution < -0.4 is 4.74 Å². The Balaban J connectivity index is 0.976. The average molecular weight is 775 g/mol. The summed E-state index contributed by atoms with van der Waals surface area (Å²) in [5, 5.41) is 15.1. The van der Waals surface area contributed by atoms with E-state index >= 15 is 0 Å². The first-order valence-electron chi connectivity index (χ1n) is 21.3. The van der Waals surface area contributed by atoms with Crippen LogP contribution in [0.2, 0.25) is 0 Å². The van der Waals surface area contributed by atoms with Crippen LogP contribution in [0.5, 0.6) is 5.75 Å². The number of benzene rings is 11. The Morgan fingerprint density at radius 2 is 0.754 bits per heavy atom. The number of hydrogen-bond acceptors (Lipinski definition) is 1. The predicted molar refractivity (Wildman–Crippen MR) is 259 cm³/mol. The molecule has 0 N–H and O–H groups in total. The number of rotatable bonds is 4. The van der Waals surface area contributed by atoms with Gasteiger partial charge in [0.2, 0.25) is 0 Å². The highest BCUT2D eigenvalue weighted by molar-refractivity contribution is 6.24. The molecule has 1 heterocycles. The predicted octanol–water partition coefficient (Wildman–Crippen LogP) is 16.1. The van der Waals surface area contributed by atoms with E-state index in [0.717, 1.165) is 5.75 Å². The third-order valence-corrected chi connectivity index (χ3v) is 13.4. The van der Waals surface area contributed by atoms with Crippen LogP contribution in [0, 0.1) is 0 Å². The monoisotopic (exact) mass is 774 g/mol. The molecule has 0 saturated carbocycles. The Labute approximate surface area is 354 Å². The number of ether oxygens (including phenoxy) is 1. The maximum atomic E-state index is 7.11. The van der Waals surface area contributed by atoms with Crippen LogP contribution >= 0.6 is 0 Å². The van der Waals surface area contributed by atoms with E-state index in [4.69, 9.17) is 4.74 Å². The van der Waals surface area contributed by atoms with Gasteiger partial charge in [-0.15, -0.1) is 0 Å². The first-order chi connectivity index (χ1) is 30.3. The first-order valence-corrected chi connectivity index (χ1v) is 21.3. The van der Waals surface area contributed by atoms with E-state index in [1.165, 1.54) is 115 Å². The van der Waals surface area contributed by atoms with Crippen LogP contribution in [0.25, 0.3) is 104 Å². The molecule has 0 amide bonds. The Hall–Kier alpha value is -7.74. The smallest absolute Gasteiger partial charge is 0.135 e. The fraction of sp³-hybridized carbons (Fsp3) is 0.0333. The molecule has 1 heteroatoms. The fourth-order valence-corrected chi connectivity index (χ4v) is 10.9. The van der Waals surface area contributed by atoms with Crippen LogP contribution in [0.15, 0.2) is 218 Å². The summed E-state index contributed by atoms with van der Waals surface area (Å²) in [5.41, 5.74) is 11.3. The Morgan fingerprint density at radius 3 is 1.25 bits per heavy atom. The van der Waals surface area contributed by atoms with Crippen molar-refractivity contribution < 1.29 is 4.74 Å². The minimum atomic E-state index is -0.160. The van der Waals surface area contributed by atoms with Gasteiger partial charge in [-0.3, -0.25) is 0 Å². The molecule has 11 aromatic carbocycles. The molecule has 0 bridgehead atoms. The van der Waals surface area contributed by atoms with E-state index in [0.29, 0.717) is 0 Å². The summed E-state index contributed by atoms with van der Waals surface area (Å²) >= 11 is 0. The maximum Gasteiger partial charge on any atom is 0.135 e. The van der Waals surface area contributed by atoms with E-state index in [-0.39, 0.29) is 12.0 Å². The van der Waals surface area contributed by atoms with Gasteiger partial charge in [0.05, 0.1) is 0 Å². The van der Waals surface area contributed by atoms with Crippen LogP contribution in [0.4, 0.5) is 0 Å². The summed E-state index contributed by atoms with van der Waals surface area (Å²) < 4.78 is 7.11. The van der Waals surface area contributed by atoms with Crippen molar-refractivity contribution in [1.82, 2.24) is 0 Å². The summed E-state index contributed by atoms with van der Waals surface area (Å²) in [5.74, 6) is 1.02. The van der Waals surface area contributed by atoms with E-state index in [1.807, 2.05) is 0 Å². The topological polar surface area (TPSA) is 9.23 Å². The first kappa shape index (κ1) is 34.2. The normalized spacial score (nSPS) is 15.7. The number of fused-ring (bicyclic) bond motifs is 9. The third-order valence-electron chi connectivity index (χ3n) is 13.4. The number of allylic oxidation sites excluding steroid dienone is 2. The van der Waals surface area contributed by atoms with Crippen LogP contribution in [0.1, 0.15) is 17.0 Å². The standard InChI is InChI=1S/C60H38O/c1-3-20-40-37(16-1)18-13-30-42(40)57-46-24-7-5-22-44(46)56(45-23-6-8-25-47(45)57)39-34-35-55-54(36-39)52-32-15-33-53(60(52)61-55)59-50-28-11-9-26-48(50)58(49-27-10-12-29-51(49)59)43-31-14-19-38-17-2-4-21-41(38)43/h1-36,52,60H. The van der Waals surface area contributed by atoms with Gasteiger partial charge in [-0.25, -0.2) is 0 Å². The van der Waals surface area contributed by atoms with Crippen LogP contribution in [-0.4, -0.2) is 6.10 Å². The summed E-state index contributed by atoms with van der Waals surface area (Å²) in [6, 6.07) is 73.6. The zero-order valence-corrected chi connectivity index (χ0v) is 33.3. The molecule has 61 heavy (non-hydrogen) atoms. The molecule has 284 valence electrons. The zero-order chi connectivity index (χ0) is 40.0. The van der Waals surface area contributed by atoms with Crippen LogP contribution in [0.3, 0.4) is 0 Å². The second kappa shape index (κ2) is 13.4. The molecule has 0 spiro atoms. The van der Waals surface area contributed by atoms with Crippen molar-refractivity contribution in [1.29, 1.82) is 0 Å². The highest BCUT2D eigenvalue weighted by Crippen LogP contribution is 2.52. The lowest BCUT2D eigenvalue weighted by molar-refractivity contribution is 0.278. The summed E-state index contributed by atoms with van der Waals surface area (Å²) in [6.45, 7) is 0. The molecule has 0 aromatic heterocycles. The highest BCUT2D eigenvalue weighted by Gasteiger charge is 2.39. The van der Waals surface area contributed by atoms with Gasteiger partial charge < -0.3 is 4.74 Å². The summed E-state index contributed by atoms with van der Waals surface area (Å²) in [6.07, 6.45) is 6.74. The van der Waals surface area contributed by atoms with Crippen molar-refractivity contribution in [3.63, 3.8) is 0 Å². The molecule has 0 fully saturated rings. The molecular formula is C60H38O. The van der Waals surface area contributed by atoms with Crippen molar-refractivity contribution in [2.24, 2.45) is 0 Å². The van der Waals surface area contributed by atoms with E-state index in [2.05, 4.69) is 218 Å². The molecule has 11 aromatic rings. The molecule has 0 radical (unpaired) electrons. The van der Waals surface area contributed by atoms with Gasteiger partial charge in [0.25, 0.3) is 0 Å². The van der Waals surface area contributed by atoms with Crippen molar-refractivity contribution >= 4 is 70.2 Å². The van der Waals surface area contributed by atoms with Crippen LogP contribution in [-0.2, 0) is 0 Å². The molecular weight excluding hydrogens is 737 g/mol. The van der Waals surface area contributed by atoms with Gasteiger partial charge in [-0.1, -0.05) is 206 Å². The minimum Gasteiger partial charge on any atom is -0.484 e. The van der Waals surface area contributed by atoms with Gasteiger partial charge in [0, 0.05) is 17.1 Å². The molecule has 0 saturated heterocycles. The van der Waals surface area contributed by atoms with Crippen molar-refractivity contribution in [2.75, 3.05) is 0 Å². The Morgan fingerprint density at radius 1 is 0.344 bits per heavy atom. The van der Waals surface area contributed by atoms with Crippen molar-refractivity contribution in [2.45, 2.75) is 12.0 Å². The van der Waals surface area contributed by atoms with Crippen molar-refractivity contribution in [3.05, 3.63) is 230 Å². The third kappa shape index (κ3) is 5.08. The molecule has 2 atom stereocenters. The molecule has 2 unspecified atom stereocenters. The molecule has 13 rings (SSSR count). The van der Waals surface area contributed by atoms with Gasteiger partial charge in [0.15, 0.2) is 0 Å². The number of hydrogen-bond donors (Lipinski definition) is 0. The lowest BCUT2D eigenvalue weighted by atomic mass is 9.79. The summed E-state index contributed by atoms with van der Waals surface area (Å²) in [7, 11) is 0. The lowest BCUT2D eigenvalue weighted by Crippen LogP contribution is -2.21. The van der Waals surface area contributed by atoms with E-state index in [9.17, 15) is 0 Å². The quantitative estimate of drug-likeness (QED) is 0.162. The molecule has 1 nitrogen and oxygen atoms in total. The Kier molecular flexibility index (Phi) is 7.50. The minimum absolute atomic E-state index is 0.0673. The van der Waals surface area contributed by atoms with Gasteiger partial charge >= 0.3 is 0 Å². The maximum absolute atomic E-state index is 7.11. The molecule has 2 aliphatic rings. The van der Waals surface area contributed by atoms with Gasteiger partial charge in [0.1, 0.15) is 11.9 Å².